The van der Waals surface area contributed by atoms with Gasteiger partial charge in [0.05, 0.1) is 11.1 Å². The second kappa shape index (κ2) is 7.31. The SMILES string of the molecule is CC(C)(C)NC(=O)c1cn2c(n1)CCC(c1cc(C(F)(F)F)cc(C(F)(F)F)c1)C2. The van der Waals surface area contributed by atoms with E-state index in [4.69, 9.17) is 0 Å². The maximum Gasteiger partial charge on any atom is 0.416 e. The van der Waals surface area contributed by atoms with Crippen LogP contribution in [0.25, 0.3) is 0 Å². The van der Waals surface area contributed by atoms with Crippen LogP contribution in [0.2, 0.25) is 0 Å². The number of rotatable bonds is 2. The van der Waals surface area contributed by atoms with E-state index >= 15 is 0 Å². The molecule has 1 aliphatic rings. The lowest BCUT2D eigenvalue weighted by molar-refractivity contribution is -0.143. The van der Waals surface area contributed by atoms with E-state index in [-0.39, 0.29) is 29.8 Å². The van der Waals surface area contributed by atoms with Crippen molar-refractivity contribution in [1.82, 2.24) is 14.9 Å². The van der Waals surface area contributed by atoms with Crippen molar-refractivity contribution in [3.8, 4) is 0 Å². The van der Waals surface area contributed by atoms with Crippen molar-refractivity contribution in [2.24, 2.45) is 0 Å². The number of nitrogens with zero attached hydrogens (tertiary/aromatic N) is 2. The second-order valence-electron chi connectivity index (χ2n) is 8.47. The number of fused-ring (bicyclic) bond motifs is 1. The Morgan fingerprint density at radius 2 is 1.60 bits per heavy atom. The summed E-state index contributed by atoms with van der Waals surface area (Å²) in [5.41, 5.74) is -2.99. The predicted molar refractivity (Wildman–Crippen MR) is 97.0 cm³/mol. The van der Waals surface area contributed by atoms with Crippen LogP contribution < -0.4 is 5.32 Å². The van der Waals surface area contributed by atoms with Crippen molar-refractivity contribution in [2.45, 2.75) is 64.0 Å². The summed E-state index contributed by atoms with van der Waals surface area (Å²) in [4.78, 5) is 16.6. The van der Waals surface area contributed by atoms with Crippen molar-refractivity contribution in [3.05, 3.63) is 52.6 Å². The lowest BCUT2D eigenvalue weighted by Gasteiger charge is -2.25. The average molecular weight is 433 g/mol. The molecule has 0 saturated carbocycles. The van der Waals surface area contributed by atoms with Gasteiger partial charge in [0.25, 0.3) is 5.91 Å². The number of hydrogen-bond donors (Lipinski definition) is 1. The summed E-state index contributed by atoms with van der Waals surface area (Å²) in [6, 6.07) is 1.67. The Morgan fingerprint density at radius 3 is 2.10 bits per heavy atom. The molecule has 0 fully saturated rings. The van der Waals surface area contributed by atoms with E-state index in [1.54, 1.807) is 4.57 Å². The number of hydrogen-bond acceptors (Lipinski definition) is 2. The molecule has 3 rings (SSSR count). The zero-order valence-electron chi connectivity index (χ0n) is 16.6. The van der Waals surface area contributed by atoms with Crippen LogP contribution in [0.15, 0.2) is 24.4 Å². The fraction of sp³-hybridized carbons (Fsp3) is 0.500. The molecule has 1 aromatic heterocycles. The van der Waals surface area contributed by atoms with Crippen molar-refractivity contribution in [3.63, 3.8) is 0 Å². The van der Waals surface area contributed by atoms with E-state index in [9.17, 15) is 31.1 Å². The number of nitrogens with one attached hydrogen (secondary N) is 1. The highest BCUT2D eigenvalue weighted by molar-refractivity contribution is 5.92. The third kappa shape index (κ3) is 4.96. The molecule has 1 aliphatic heterocycles. The number of amides is 1. The highest BCUT2D eigenvalue weighted by atomic mass is 19.4. The smallest absolute Gasteiger partial charge is 0.346 e. The monoisotopic (exact) mass is 433 g/mol. The van der Waals surface area contributed by atoms with Gasteiger partial charge < -0.3 is 9.88 Å². The first-order chi connectivity index (χ1) is 13.6. The molecule has 1 N–H and O–H groups in total. The first kappa shape index (κ1) is 22.2. The summed E-state index contributed by atoms with van der Waals surface area (Å²) in [5, 5.41) is 2.77. The van der Waals surface area contributed by atoms with E-state index in [1.165, 1.54) is 6.20 Å². The van der Waals surface area contributed by atoms with E-state index < -0.39 is 34.9 Å². The number of halogens is 6. The fourth-order valence-corrected chi connectivity index (χ4v) is 3.44. The Balaban J connectivity index is 1.91. The van der Waals surface area contributed by atoms with Crippen molar-refractivity contribution in [2.75, 3.05) is 0 Å². The van der Waals surface area contributed by atoms with E-state index in [2.05, 4.69) is 10.3 Å². The molecular weight excluding hydrogens is 412 g/mol. The molecule has 0 radical (unpaired) electrons. The van der Waals surface area contributed by atoms with Crippen LogP contribution in [0.4, 0.5) is 26.3 Å². The molecule has 1 aromatic carbocycles. The van der Waals surface area contributed by atoms with Gasteiger partial charge in [-0.2, -0.15) is 26.3 Å². The highest BCUT2D eigenvalue weighted by Gasteiger charge is 2.38. The lowest BCUT2D eigenvalue weighted by Crippen LogP contribution is -2.40. The van der Waals surface area contributed by atoms with Crippen molar-refractivity contribution >= 4 is 5.91 Å². The molecule has 1 amide bonds. The molecule has 4 nitrogen and oxygen atoms in total. The number of alkyl halides is 6. The Labute approximate surface area is 169 Å². The van der Waals surface area contributed by atoms with Crippen LogP contribution in [-0.2, 0) is 25.3 Å². The van der Waals surface area contributed by atoms with Gasteiger partial charge in [0.1, 0.15) is 11.5 Å². The van der Waals surface area contributed by atoms with Gasteiger partial charge in [0.2, 0.25) is 0 Å². The maximum absolute atomic E-state index is 13.1. The zero-order valence-corrected chi connectivity index (χ0v) is 16.6. The molecule has 30 heavy (non-hydrogen) atoms. The average Bonchev–Trinajstić information content (AvgIpc) is 3.02. The van der Waals surface area contributed by atoms with Crippen LogP contribution in [0.5, 0.6) is 0 Å². The molecular formula is C20H21F6N3O. The molecule has 1 atom stereocenters. The molecule has 0 aliphatic carbocycles. The number of aromatic nitrogens is 2. The summed E-state index contributed by atoms with van der Waals surface area (Å²) >= 11 is 0. The predicted octanol–water partition coefficient (Wildman–Crippen LogP) is 5.18. The summed E-state index contributed by atoms with van der Waals surface area (Å²) in [5.74, 6) is -0.374. The zero-order chi connectivity index (χ0) is 22.5. The molecule has 1 unspecified atom stereocenters. The number of carbonyl (C=O) groups is 1. The van der Waals surface area contributed by atoms with Gasteiger partial charge in [-0.25, -0.2) is 4.98 Å². The molecule has 0 saturated heterocycles. The van der Waals surface area contributed by atoms with Crippen LogP contribution in [0.3, 0.4) is 0 Å². The Bertz CT molecular complexity index is 921. The first-order valence-corrected chi connectivity index (χ1v) is 9.31. The minimum Gasteiger partial charge on any atom is -0.346 e. The normalized spacial score (nSPS) is 17.6. The fourth-order valence-electron chi connectivity index (χ4n) is 3.44. The number of carbonyl (C=O) groups excluding carboxylic acids is 1. The molecule has 2 aromatic rings. The van der Waals surface area contributed by atoms with E-state index in [0.29, 0.717) is 18.7 Å². The van der Waals surface area contributed by atoms with E-state index in [1.807, 2.05) is 20.8 Å². The minimum atomic E-state index is -4.89. The highest BCUT2D eigenvalue weighted by Crippen LogP contribution is 2.39. The quantitative estimate of drug-likeness (QED) is 0.664. The Kier molecular flexibility index (Phi) is 5.41. The maximum atomic E-state index is 13.1. The van der Waals surface area contributed by atoms with Crippen LogP contribution in [-0.4, -0.2) is 21.0 Å². The van der Waals surface area contributed by atoms with Gasteiger partial charge >= 0.3 is 12.4 Å². The molecule has 2 heterocycles. The van der Waals surface area contributed by atoms with Gasteiger partial charge in [0.15, 0.2) is 0 Å². The van der Waals surface area contributed by atoms with Crippen molar-refractivity contribution < 1.29 is 31.1 Å². The van der Waals surface area contributed by atoms with Crippen LogP contribution >= 0.6 is 0 Å². The largest absolute Gasteiger partial charge is 0.416 e. The van der Waals surface area contributed by atoms with Gasteiger partial charge in [-0.05, 0) is 51.0 Å². The number of imidazole rings is 1. The van der Waals surface area contributed by atoms with Gasteiger partial charge in [-0.15, -0.1) is 0 Å². The Morgan fingerprint density at radius 1 is 1.03 bits per heavy atom. The van der Waals surface area contributed by atoms with E-state index in [0.717, 1.165) is 12.1 Å². The topological polar surface area (TPSA) is 46.9 Å². The first-order valence-electron chi connectivity index (χ1n) is 9.31. The van der Waals surface area contributed by atoms with Crippen LogP contribution in [0, 0.1) is 0 Å². The minimum absolute atomic E-state index is 0.0304. The second-order valence-corrected chi connectivity index (χ2v) is 8.47. The van der Waals surface area contributed by atoms with Crippen LogP contribution in [0.1, 0.15) is 66.1 Å². The van der Waals surface area contributed by atoms with Gasteiger partial charge in [-0.1, -0.05) is 0 Å². The number of benzene rings is 1. The van der Waals surface area contributed by atoms with Gasteiger partial charge in [0, 0.05) is 30.6 Å². The molecule has 164 valence electrons. The van der Waals surface area contributed by atoms with Gasteiger partial charge in [-0.3, -0.25) is 4.79 Å². The molecule has 10 heteroatoms. The molecule has 0 bridgehead atoms. The molecule has 0 spiro atoms. The summed E-state index contributed by atoms with van der Waals surface area (Å²) in [6.45, 7) is 5.57. The number of aryl methyl sites for hydroxylation is 1. The lowest BCUT2D eigenvalue weighted by atomic mass is 9.89. The third-order valence-electron chi connectivity index (χ3n) is 4.80. The van der Waals surface area contributed by atoms with Crippen molar-refractivity contribution in [1.29, 1.82) is 0 Å². The summed E-state index contributed by atoms with van der Waals surface area (Å²) in [6.07, 6.45) is -7.62. The summed E-state index contributed by atoms with van der Waals surface area (Å²) in [7, 11) is 0. The Hall–Kier alpha value is -2.52. The summed E-state index contributed by atoms with van der Waals surface area (Å²) < 4.78 is 80.5. The standard InChI is InChI=1S/C20H21F6N3O/c1-18(2,3)28-17(30)15-10-29-9-11(4-5-16(29)27-15)12-6-13(19(21,22)23)8-14(7-12)20(24,25)26/h6-8,10-11H,4-5,9H2,1-3H3,(H,28,30). The third-order valence-corrected chi connectivity index (χ3v) is 4.80.